The van der Waals surface area contributed by atoms with E-state index in [0.717, 1.165) is 28.7 Å². The van der Waals surface area contributed by atoms with E-state index in [0.29, 0.717) is 11.7 Å². The predicted molar refractivity (Wildman–Crippen MR) is 123 cm³/mol. The van der Waals surface area contributed by atoms with Gasteiger partial charge in [-0.25, -0.2) is 0 Å². The second-order valence-corrected chi connectivity index (χ2v) is 9.44. The van der Waals surface area contributed by atoms with Crippen molar-refractivity contribution in [1.82, 2.24) is 14.8 Å². The van der Waals surface area contributed by atoms with Crippen LogP contribution in [0.2, 0.25) is 0 Å². The number of nitrogens with zero attached hydrogens (tertiary/aromatic N) is 3. The third kappa shape index (κ3) is 5.28. The SMILES string of the molecule is CCc1ccc(NC(=O)CSc2nnc(-c3csc(C(C)C)c3)n2C(C)C)cc1. The molecule has 3 rings (SSSR count). The number of aryl methyl sites for hydroxylation is 1. The van der Waals surface area contributed by atoms with E-state index in [-0.39, 0.29) is 11.9 Å². The number of carbonyl (C=O) groups is 1. The summed E-state index contributed by atoms with van der Waals surface area (Å²) in [5, 5.41) is 14.7. The summed E-state index contributed by atoms with van der Waals surface area (Å²) in [5.41, 5.74) is 3.16. The Morgan fingerprint density at radius 1 is 1.17 bits per heavy atom. The summed E-state index contributed by atoms with van der Waals surface area (Å²) in [4.78, 5) is 13.7. The molecule has 0 aliphatic carbocycles. The summed E-state index contributed by atoms with van der Waals surface area (Å²) in [5.74, 6) is 1.60. The minimum absolute atomic E-state index is 0.0447. The number of benzene rings is 1. The second-order valence-electron chi connectivity index (χ2n) is 7.55. The van der Waals surface area contributed by atoms with Crippen LogP contribution in [0.3, 0.4) is 0 Å². The highest BCUT2D eigenvalue weighted by Gasteiger charge is 2.19. The zero-order chi connectivity index (χ0) is 21.0. The fraction of sp³-hybridized carbons (Fsp3) is 0.409. The van der Waals surface area contributed by atoms with Gasteiger partial charge in [0.1, 0.15) is 0 Å². The first kappa shape index (κ1) is 21.6. The molecule has 0 fully saturated rings. The summed E-state index contributed by atoms with van der Waals surface area (Å²) < 4.78 is 2.11. The first-order valence-electron chi connectivity index (χ1n) is 9.94. The van der Waals surface area contributed by atoms with Crippen molar-refractivity contribution in [2.24, 2.45) is 0 Å². The maximum atomic E-state index is 12.4. The van der Waals surface area contributed by atoms with Crippen LogP contribution in [-0.4, -0.2) is 26.4 Å². The molecular formula is C22H28N4OS2. The molecule has 29 heavy (non-hydrogen) atoms. The van der Waals surface area contributed by atoms with Crippen molar-refractivity contribution in [2.75, 3.05) is 11.1 Å². The monoisotopic (exact) mass is 428 g/mol. The largest absolute Gasteiger partial charge is 0.325 e. The fourth-order valence-corrected chi connectivity index (χ4v) is 4.73. The van der Waals surface area contributed by atoms with Gasteiger partial charge in [0, 0.05) is 27.5 Å². The number of hydrogen-bond donors (Lipinski definition) is 1. The maximum absolute atomic E-state index is 12.4. The summed E-state index contributed by atoms with van der Waals surface area (Å²) in [6, 6.07) is 10.4. The van der Waals surface area contributed by atoms with E-state index < -0.39 is 0 Å². The molecule has 2 heterocycles. The van der Waals surface area contributed by atoms with Gasteiger partial charge in [-0.05, 0) is 49.9 Å². The minimum atomic E-state index is -0.0447. The van der Waals surface area contributed by atoms with Gasteiger partial charge in [0.2, 0.25) is 5.91 Å². The standard InChI is InChI=1S/C22H28N4OS2/c1-6-16-7-9-18(10-8-16)23-20(27)13-29-22-25-24-21(26(22)15(4)5)17-11-19(14(2)3)28-12-17/h7-12,14-15H,6,13H2,1-5H3,(H,23,27). The molecule has 1 amide bonds. The Balaban J connectivity index is 1.70. The van der Waals surface area contributed by atoms with Crippen molar-refractivity contribution in [2.45, 2.75) is 58.2 Å². The summed E-state index contributed by atoms with van der Waals surface area (Å²) in [6.07, 6.45) is 0.986. The van der Waals surface area contributed by atoms with Crippen molar-refractivity contribution < 1.29 is 4.79 Å². The van der Waals surface area contributed by atoms with E-state index in [1.54, 1.807) is 11.3 Å². The molecule has 2 aromatic heterocycles. The van der Waals surface area contributed by atoms with Crippen LogP contribution in [-0.2, 0) is 11.2 Å². The summed E-state index contributed by atoms with van der Waals surface area (Å²) in [7, 11) is 0. The molecule has 0 atom stereocenters. The zero-order valence-corrected chi connectivity index (χ0v) is 19.2. The van der Waals surface area contributed by atoms with Crippen LogP contribution in [0.5, 0.6) is 0 Å². The van der Waals surface area contributed by atoms with Gasteiger partial charge in [0.05, 0.1) is 5.75 Å². The lowest BCUT2D eigenvalue weighted by Crippen LogP contribution is -2.15. The fourth-order valence-electron chi connectivity index (χ4n) is 2.96. The van der Waals surface area contributed by atoms with Gasteiger partial charge in [-0.15, -0.1) is 21.5 Å². The molecular weight excluding hydrogens is 400 g/mol. The number of nitrogens with one attached hydrogen (secondary N) is 1. The van der Waals surface area contributed by atoms with Crippen LogP contribution in [0.1, 0.15) is 57.0 Å². The van der Waals surface area contributed by atoms with Gasteiger partial charge in [-0.2, -0.15) is 0 Å². The lowest BCUT2D eigenvalue weighted by atomic mass is 10.1. The highest BCUT2D eigenvalue weighted by molar-refractivity contribution is 7.99. The molecule has 0 bridgehead atoms. The van der Waals surface area contributed by atoms with Crippen molar-refractivity contribution >= 4 is 34.7 Å². The van der Waals surface area contributed by atoms with Crippen molar-refractivity contribution in [3.05, 3.63) is 46.2 Å². The average Bonchev–Trinajstić information content (AvgIpc) is 3.34. The molecule has 0 spiro atoms. The smallest absolute Gasteiger partial charge is 0.234 e. The topological polar surface area (TPSA) is 59.8 Å². The Kier molecular flexibility index (Phi) is 7.14. The summed E-state index contributed by atoms with van der Waals surface area (Å²) >= 11 is 3.17. The first-order chi connectivity index (χ1) is 13.9. The zero-order valence-electron chi connectivity index (χ0n) is 17.6. The van der Waals surface area contributed by atoms with Crippen LogP contribution >= 0.6 is 23.1 Å². The molecule has 0 saturated carbocycles. The minimum Gasteiger partial charge on any atom is -0.325 e. The molecule has 0 radical (unpaired) electrons. The van der Waals surface area contributed by atoms with Crippen LogP contribution in [0, 0.1) is 0 Å². The number of anilines is 1. The maximum Gasteiger partial charge on any atom is 0.234 e. The van der Waals surface area contributed by atoms with E-state index in [4.69, 9.17) is 0 Å². The Bertz CT molecular complexity index is 958. The second kappa shape index (κ2) is 9.59. The lowest BCUT2D eigenvalue weighted by molar-refractivity contribution is -0.113. The predicted octanol–water partition coefficient (Wildman–Crippen LogP) is 6.00. The molecule has 1 N–H and O–H groups in total. The van der Waals surface area contributed by atoms with E-state index in [1.165, 1.54) is 22.2 Å². The van der Waals surface area contributed by atoms with Gasteiger partial charge in [0.25, 0.3) is 0 Å². The molecule has 5 nitrogen and oxygen atoms in total. The van der Waals surface area contributed by atoms with Gasteiger partial charge < -0.3 is 5.32 Å². The lowest BCUT2D eigenvalue weighted by Gasteiger charge is -2.13. The Morgan fingerprint density at radius 2 is 1.90 bits per heavy atom. The summed E-state index contributed by atoms with van der Waals surface area (Å²) in [6.45, 7) is 10.7. The average molecular weight is 429 g/mol. The van der Waals surface area contributed by atoms with Crippen molar-refractivity contribution in [3.63, 3.8) is 0 Å². The highest BCUT2D eigenvalue weighted by atomic mass is 32.2. The quantitative estimate of drug-likeness (QED) is 0.447. The van der Waals surface area contributed by atoms with Crippen LogP contribution in [0.25, 0.3) is 11.4 Å². The van der Waals surface area contributed by atoms with E-state index in [2.05, 4.69) is 66.1 Å². The molecule has 3 aromatic rings. The number of rotatable bonds is 8. The molecule has 154 valence electrons. The number of hydrogen-bond acceptors (Lipinski definition) is 5. The number of amides is 1. The van der Waals surface area contributed by atoms with E-state index >= 15 is 0 Å². The third-order valence-corrected chi connectivity index (χ3v) is 6.78. The van der Waals surface area contributed by atoms with Crippen LogP contribution in [0.15, 0.2) is 40.9 Å². The number of thiophene rings is 1. The van der Waals surface area contributed by atoms with Crippen molar-refractivity contribution in [3.8, 4) is 11.4 Å². The van der Waals surface area contributed by atoms with Crippen molar-refractivity contribution in [1.29, 1.82) is 0 Å². The Hall–Kier alpha value is -2.12. The van der Waals surface area contributed by atoms with Crippen LogP contribution in [0.4, 0.5) is 5.69 Å². The Morgan fingerprint density at radius 3 is 2.48 bits per heavy atom. The molecule has 0 aliphatic heterocycles. The molecule has 1 aromatic carbocycles. The van der Waals surface area contributed by atoms with Gasteiger partial charge in [0.15, 0.2) is 11.0 Å². The molecule has 0 saturated heterocycles. The normalized spacial score (nSPS) is 11.4. The number of aromatic nitrogens is 3. The van der Waals surface area contributed by atoms with Crippen LogP contribution < -0.4 is 5.32 Å². The van der Waals surface area contributed by atoms with Gasteiger partial charge >= 0.3 is 0 Å². The van der Waals surface area contributed by atoms with E-state index in [1.807, 2.05) is 24.3 Å². The highest BCUT2D eigenvalue weighted by Crippen LogP contribution is 2.32. The number of carbonyl (C=O) groups excluding carboxylic acids is 1. The third-order valence-electron chi connectivity index (χ3n) is 4.61. The molecule has 7 heteroatoms. The Labute approximate surface area is 180 Å². The first-order valence-corrected chi connectivity index (χ1v) is 11.8. The number of thioether (sulfide) groups is 1. The molecule has 0 unspecified atom stereocenters. The van der Waals surface area contributed by atoms with Gasteiger partial charge in [-0.1, -0.05) is 44.7 Å². The van der Waals surface area contributed by atoms with E-state index in [9.17, 15) is 4.79 Å². The van der Waals surface area contributed by atoms with Gasteiger partial charge in [-0.3, -0.25) is 9.36 Å². The molecule has 0 aliphatic rings.